The predicted octanol–water partition coefficient (Wildman–Crippen LogP) is 12.3. The van der Waals surface area contributed by atoms with Crippen LogP contribution in [0.15, 0.2) is 0 Å². The van der Waals surface area contributed by atoms with Crippen molar-refractivity contribution in [2.75, 3.05) is 6.61 Å². The van der Waals surface area contributed by atoms with Gasteiger partial charge in [0.15, 0.2) is 0 Å². The van der Waals surface area contributed by atoms with Gasteiger partial charge >= 0.3 is 0 Å². The van der Waals surface area contributed by atoms with Crippen LogP contribution in [0.1, 0.15) is 245 Å². The molecule has 0 spiro atoms. The van der Waals surface area contributed by atoms with Gasteiger partial charge in [0.25, 0.3) is 0 Å². The van der Waals surface area contributed by atoms with E-state index in [4.69, 9.17) is 0 Å². The SMILES string of the molecule is CCCCCCCCCCCCCCCCCCCCCCC(O)C(O)C(CO)NC(=O)CCCCCCCCCCCCCCCC. The van der Waals surface area contributed by atoms with Crippen LogP contribution in [0.25, 0.3) is 0 Å². The molecule has 0 aromatic heterocycles. The van der Waals surface area contributed by atoms with Crippen LogP contribution >= 0.6 is 0 Å². The normalized spacial score (nSPS) is 13.5. The number of carbonyl (C=O) groups excluding carboxylic acids is 1. The van der Waals surface area contributed by atoms with Gasteiger partial charge in [0.2, 0.25) is 5.91 Å². The minimum Gasteiger partial charge on any atom is -0.394 e. The average Bonchev–Trinajstić information content (AvgIpc) is 3.09. The van der Waals surface area contributed by atoms with Gasteiger partial charge in [-0.3, -0.25) is 4.79 Å². The molecule has 0 heterocycles. The molecule has 1 amide bonds. The van der Waals surface area contributed by atoms with Gasteiger partial charge < -0.3 is 20.6 Å². The van der Waals surface area contributed by atoms with Crippen molar-refractivity contribution in [3.05, 3.63) is 0 Å². The van der Waals surface area contributed by atoms with Gasteiger partial charge in [0.05, 0.1) is 18.8 Å². The maximum Gasteiger partial charge on any atom is 0.220 e. The Bertz CT molecular complexity index is 630. The van der Waals surface area contributed by atoms with Crippen molar-refractivity contribution in [3.8, 4) is 0 Å². The summed E-state index contributed by atoms with van der Waals surface area (Å²) in [6.07, 6.45) is 43.5. The van der Waals surface area contributed by atoms with Crippen LogP contribution in [0, 0.1) is 0 Å². The Hall–Kier alpha value is -0.650. The van der Waals surface area contributed by atoms with Gasteiger partial charge in [-0.25, -0.2) is 0 Å². The first kappa shape index (κ1) is 47.4. The highest BCUT2D eigenvalue weighted by Gasteiger charge is 2.26. The van der Waals surface area contributed by atoms with Gasteiger partial charge in [-0.15, -0.1) is 0 Å². The molecule has 0 aliphatic carbocycles. The number of carbonyl (C=O) groups is 1. The molecule has 0 fully saturated rings. The molecule has 0 aliphatic heterocycles. The van der Waals surface area contributed by atoms with Crippen molar-refractivity contribution in [2.24, 2.45) is 0 Å². The monoisotopic (exact) mass is 682 g/mol. The number of hydrogen-bond acceptors (Lipinski definition) is 4. The van der Waals surface area contributed by atoms with Gasteiger partial charge in [-0.2, -0.15) is 0 Å². The van der Waals surface area contributed by atoms with E-state index in [0.29, 0.717) is 12.8 Å². The molecule has 3 unspecified atom stereocenters. The Morgan fingerprint density at radius 3 is 1.00 bits per heavy atom. The van der Waals surface area contributed by atoms with Crippen LogP contribution in [0.4, 0.5) is 0 Å². The molecular weight excluding hydrogens is 594 g/mol. The second kappa shape index (κ2) is 39.1. The van der Waals surface area contributed by atoms with Crippen molar-refractivity contribution in [1.29, 1.82) is 0 Å². The highest BCUT2D eigenvalue weighted by Crippen LogP contribution is 2.17. The summed E-state index contributed by atoms with van der Waals surface area (Å²) in [6.45, 7) is 4.19. The highest BCUT2D eigenvalue weighted by molar-refractivity contribution is 5.76. The molecule has 4 N–H and O–H groups in total. The molecule has 0 aliphatic rings. The number of aliphatic hydroxyl groups excluding tert-OH is 3. The van der Waals surface area contributed by atoms with Crippen molar-refractivity contribution in [3.63, 3.8) is 0 Å². The molecule has 3 atom stereocenters. The molecule has 0 bridgehead atoms. The lowest BCUT2D eigenvalue weighted by molar-refractivity contribution is -0.124. The van der Waals surface area contributed by atoms with E-state index < -0.39 is 18.2 Å². The number of aliphatic hydroxyl groups is 3. The van der Waals surface area contributed by atoms with Gasteiger partial charge in [0, 0.05) is 6.42 Å². The summed E-state index contributed by atoms with van der Waals surface area (Å²) in [7, 11) is 0. The van der Waals surface area contributed by atoms with Crippen LogP contribution in [-0.4, -0.2) is 46.1 Å². The fourth-order valence-corrected chi connectivity index (χ4v) is 7.05. The lowest BCUT2D eigenvalue weighted by Gasteiger charge is -2.26. The molecule has 48 heavy (non-hydrogen) atoms. The maximum absolute atomic E-state index is 12.4. The van der Waals surface area contributed by atoms with E-state index in [-0.39, 0.29) is 12.5 Å². The lowest BCUT2D eigenvalue weighted by Crippen LogP contribution is -2.50. The van der Waals surface area contributed by atoms with E-state index in [1.807, 2.05) is 0 Å². The Balaban J connectivity index is 3.58. The quantitative estimate of drug-likeness (QED) is 0.0485. The number of unbranched alkanes of at least 4 members (excludes halogenated alkanes) is 32. The molecule has 0 aromatic rings. The van der Waals surface area contributed by atoms with Crippen LogP contribution in [-0.2, 0) is 4.79 Å². The van der Waals surface area contributed by atoms with E-state index in [1.54, 1.807) is 0 Å². The fraction of sp³-hybridized carbons (Fsp3) is 0.977. The second-order valence-corrected chi connectivity index (χ2v) is 15.3. The summed E-state index contributed by atoms with van der Waals surface area (Å²) in [4.78, 5) is 12.4. The standard InChI is InChI=1S/C43H87NO4/c1-3-5-7-9-11-13-15-17-19-20-21-22-23-24-25-27-29-31-33-35-37-41(46)43(48)40(39-45)44-42(47)38-36-34-32-30-28-26-18-16-14-12-10-8-6-4-2/h40-41,43,45-46,48H,3-39H2,1-2H3,(H,44,47). The van der Waals surface area contributed by atoms with Crippen LogP contribution in [0.5, 0.6) is 0 Å². The number of nitrogens with one attached hydrogen (secondary N) is 1. The molecule has 0 radical (unpaired) electrons. The number of amides is 1. The Morgan fingerprint density at radius 1 is 0.438 bits per heavy atom. The summed E-state index contributed by atoms with van der Waals surface area (Å²) < 4.78 is 0. The van der Waals surface area contributed by atoms with E-state index in [0.717, 1.165) is 32.1 Å². The third-order valence-electron chi connectivity index (χ3n) is 10.5. The van der Waals surface area contributed by atoms with Crippen molar-refractivity contribution in [1.82, 2.24) is 5.32 Å². The minimum atomic E-state index is -1.13. The van der Waals surface area contributed by atoms with Crippen LogP contribution in [0.3, 0.4) is 0 Å². The van der Waals surface area contributed by atoms with E-state index in [1.165, 1.54) is 186 Å². The molecule has 0 rings (SSSR count). The zero-order chi connectivity index (χ0) is 35.2. The Kier molecular flexibility index (Phi) is 38.6. The van der Waals surface area contributed by atoms with Crippen LogP contribution < -0.4 is 5.32 Å². The summed E-state index contributed by atoms with van der Waals surface area (Å²) in [5.41, 5.74) is 0. The van der Waals surface area contributed by atoms with Gasteiger partial charge in [-0.05, 0) is 12.8 Å². The first-order chi connectivity index (χ1) is 23.6. The number of hydrogen-bond donors (Lipinski definition) is 4. The Morgan fingerprint density at radius 2 is 0.708 bits per heavy atom. The van der Waals surface area contributed by atoms with Gasteiger partial charge in [-0.1, -0.05) is 226 Å². The molecular formula is C43H87NO4. The van der Waals surface area contributed by atoms with Crippen molar-refractivity contribution < 1.29 is 20.1 Å². The topological polar surface area (TPSA) is 89.8 Å². The molecule has 288 valence electrons. The predicted molar refractivity (Wildman–Crippen MR) is 209 cm³/mol. The van der Waals surface area contributed by atoms with Crippen molar-refractivity contribution in [2.45, 2.75) is 263 Å². The summed E-state index contributed by atoms with van der Waals surface area (Å²) in [5, 5.41) is 33.5. The summed E-state index contributed by atoms with van der Waals surface area (Å²) in [5.74, 6) is -0.141. The van der Waals surface area contributed by atoms with Crippen molar-refractivity contribution >= 4 is 5.91 Å². The van der Waals surface area contributed by atoms with Gasteiger partial charge in [0.1, 0.15) is 6.10 Å². The molecule has 5 nitrogen and oxygen atoms in total. The summed E-state index contributed by atoms with van der Waals surface area (Å²) >= 11 is 0. The highest BCUT2D eigenvalue weighted by atomic mass is 16.3. The molecule has 0 saturated heterocycles. The lowest BCUT2D eigenvalue weighted by atomic mass is 9.99. The Labute approximate surface area is 300 Å². The zero-order valence-corrected chi connectivity index (χ0v) is 32.6. The first-order valence-electron chi connectivity index (χ1n) is 21.8. The second-order valence-electron chi connectivity index (χ2n) is 15.3. The third-order valence-corrected chi connectivity index (χ3v) is 10.5. The smallest absolute Gasteiger partial charge is 0.220 e. The first-order valence-corrected chi connectivity index (χ1v) is 21.8. The van der Waals surface area contributed by atoms with E-state index in [2.05, 4.69) is 19.2 Å². The number of rotatable bonds is 40. The summed E-state index contributed by atoms with van der Waals surface area (Å²) in [6, 6.07) is -0.802. The van der Waals surface area contributed by atoms with E-state index >= 15 is 0 Å². The average molecular weight is 682 g/mol. The molecule has 0 aromatic carbocycles. The zero-order valence-electron chi connectivity index (χ0n) is 32.6. The fourth-order valence-electron chi connectivity index (χ4n) is 7.05. The van der Waals surface area contributed by atoms with E-state index in [9.17, 15) is 20.1 Å². The van der Waals surface area contributed by atoms with Crippen LogP contribution in [0.2, 0.25) is 0 Å². The minimum absolute atomic E-state index is 0.141. The third kappa shape index (κ3) is 33.8. The maximum atomic E-state index is 12.4. The largest absolute Gasteiger partial charge is 0.394 e. The molecule has 0 saturated carbocycles. The molecule has 5 heteroatoms.